The van der Waals surface area contributed by atoms with E-state index in [0.717, 1.165) is 37.9 Å². The first-order valence-corrected chi connectivity index (χ1v) is 8.06. The van der Waals surface area contributed by atoms with Crippen LogP contribution in [-0.2, 0) is 11.2 Å². The van der Waals surface area contributed by atoms with E-state index >= 15 is 0 Å². The molecule has 1 aromatic rings. The SMILES string of the molecule is CCc1nc(C(=O)CC2CCC(NC(=O)CCN)CC2)n[nH]1. The predicted molar refractivity (Wildman–Crippen MR) is 82.3 cm³/mol. The van der Waals surface area contributed by atoms with Gasteiger partial charge in [0.1, 0.15) is 5.82 Å². The summed E-state index contributed by atoms with van der Waals surface area (Å²) in [6.45, 7) is 2.35. The number of nitrogens with two attached hydrogens (primary N) is 1. The number of H-pyrrole nitrogens is 1. The topological polar surface area (TPSA) is 114 Å². The van der Waals surface area contributed by atoms with Gasteiger partial charge >= 0.3 is 0 Å². The number of amides is 1. The molecule has 7 nitrogen and oxygen atoms in total. The van der Waals surface area contributed by atoms with Gasteiger partial charge in [0.2, 0.25) is 17.5 Å². The maximum absolute atomic E-state index is 12.2. The van der Waals surface area contributed by atoms with Crippen LogP contribution in [0.25, 0.3) is 0 Å². The van der Waals surface area contributed by atoms with Crippen molar-refractivity contribution < 1.29 is 9.59 Å². The van der Waals surface area contributed by atoms with E-state index < -0.39 is 0 Å². The van der Waals surface area contributed by atoms with Gasteiger partial charge in [0.25, 0.3) is 0 Å². The lowest BCUT2D eigenvalue weighted by Crippen LogP contribution is -2.38. The van der Waals surface area contributed by atoms with Crippen molar-refractivity contribution in [3.8, 4) is 0 Å². The molecule has 1 aliphatic carbocycles. The molecule has 0 aromatic carbocycles. The number of aromatic amines is 1. The maximum Gasteiger partial charge on any atom is 0.221 e. The molecular weight excluding hydrogens is 282 g/mol. The number of hydrogen-bond donors (Lipinski definition) is 3. The van der Waals surface area contributed by atoms with Crippen LogP contribution in [0, 0.1) is 5.92 Å². The highest BCUT2D eigenvalue weighted by atomic mass is 16.1. The Kier molecular flexibility index (Phi) is 6.06. The molecule has 1 heterocycles. The first-order valence-electron chi connectivity index (χ1n) is 8.06. The van der Waals surface area contributed by atoms with Gasteiger partial charge in [0.15, 0.2) is 0 Å². The van der Waals surface area contributed by atoms with Gasteiger partial charge in [-0.15, -0.1) is 0 Å². The fourth-order valence-corrected chi connectivity index (χ4v) is 2.87. The number of ketones is 1. The number of nitrogens with zero attached hydrogens (tertiary/aromatic N) is 2. The average Bonchev–Trinajstić information content (AvgIpc) is 2.98. The third-order valence-electron chi connectivity index (χ3n) is 4.17. The highest BCUT2D eigenvalue weighted by Crippen LogP contribution is 2.27. The zero-order valence-corrected chi connectivity index (χ0v) is 13.1. The molecule has 1 aliphatic rings. The second-order valence-corrected chi connectivity index (χ2v) is 5.91. The summed E-state index contributed by atoms with van der Waals surface area (Å²) in [5.74, 6) is 1.44. The van der Waals surface area contributed by atoms with Crippen LogP contribution in [0.3, 0.4) is 0 Å². The summed E-state index contributed by atoms with van der Waals surface area (Å²) >= 11 is 0. The minimum absolute atomic E-state index is 0.00608. The Morgan fingerprint density at radius 1 is 1.32 bits per heavy atom. The highest BCUT2D eigenvalue weighted by molar-refractivity contribution is 5.92. The van der Waals surface area contributed by atoms with Gasteiger partial charge in [0.05, 0.1) is 0 Å². The van der Waals surface area contributed by atoms with E-state index in [0.29, 0.717) is 31.1 Å². The molecule has 22 heavy (non-hydrogen) atoms. The van der Waals surface area contributed by atoms with Crippen molar-refractivity contribution >= 4 is 11.7 Å². The molecule has 0 radical (unpaired) electrons. The van der Waals surface area contributed by atoms with Gasteiger partial charge in [-0.3, -0.25) is 14.7 Å². The number of hydrogen-bond acceptors (Lipinski definition) is 5. The van der Waals surface area contributed by atoms with Crippen molar-refractivity contribution in [1.82, 2.24) is 20.5 Å². The second kappa shape index (κ2) is 8.03. The summed E-state index contributed by atoms with van der Waals surface area (Å²) in [5.41, 5.74) is 5.37. The number of carbonyl (C=O) groups is 2. The number of Topliss-reactive ketones (excluding diaryl/α,β-unsaturated/α-hetero) is 1. The van der Waals surface area contributed by atoms with E-state index in [-0.39, 0.29) is 17.7 Å². The molecule has 1 fully saturated rings. The zero-order valence-electron chi connectivity index (χ0n) is 13.1. The van der Waals surface area contributed by atoms with E-state index in [9.17, 15) is 9.59 Å². The van der Waals surface area contributed by atoms with E-state index in [2.05, 4.69) is 20.5 Å². The molecule has 0 unspecified atom stereocenters. The van der Waals surface area contributed by atoms with Gasteiger partial charge in [-0.05, 0) is 31.6 Å². The zero-order chi connectivity index (χ0) is 15.9. The van der Waals surface area contributed by atoms with Crippen molar-refractivity contribution in [3.05, 3.63) is 11.6 Å². The summed E-state index contributed by atoms with van der Waals surface area (Å²) in [7, 11) is 0. The predicted octanol–water partition coefficient (Wildman–Crippen LogP) is 0.964. The van der Waals surface area contributed by atoms with Crippen LogP contribution in [0.4, 0.5) is 0 Å². The molecule has 122 valence electrons. The molecule has 0 saturated heterocycles. The Labute approximate surface area is 130 Å². The molecule has 0 aliphatic heterocycles. The van der Waals surface area contributed by atoms with E-state index in [1.807, 2.05) is 6.92 Å². The van der Waals surface area contributed by atoms with Crippen LogP contribution in [0.1, 0.15) is 61.9 Å². The number of rotatable bonds is 7. The first kappa shape index (κ1) is 16.6. The minimum atomic E-state index is 0.00608. The lowest BCUT2D eigenvalue weighted by Gasteiger charge is -2.28. The van der Waals surface area contributed by atoms with Crippen LogP contribution in [-0.4, -0.2) is 39.5 Å². The number of aryl methyl sites for hydroxylation is 1. The molecule has 2 rings (SSSR count). The quantitative estimate of drug-likeness (QED) is 0.649. The minimum Gasteiger partial charge on any atom is -0.353 e. The van der Waals surface area contributed by atoms with Crippen LogP contribution in [0.2, 0.25) is 0 Å². The van der Waals surface area contributed by atoms with Gasteiger partial charge in [-0.1, -0.05) is 6.92 Å². The number of aromatic nitrogens is 3. The summed E-state index contributed by atoms with van der Waals surface area (Å²) in [4.78, 5) is 27.9. The highest BCUT2D eigenvalue weighted by Gasteiger charge is 2.25. The lowest BCUT2D eigenvalue weighted by atomic mass is 9.83. The Balaban J connectivity index is 1.75. The smallest absolute Gasteiger partial charge is 0.221 e. The first-order chi connectivity index (χ1) is 10.6. The van der Waals surface area contributed by atoms with Gasteiger partial charge in [-0.25, -0.2) is 4.98 Å². The van der Waals surface area contributed by atoms with Crippen LogP contribution >= 0.6 is 0 Å². The molecule has 7 heteroatoms. The molecule has 0 atom stereocenters. The lowest BCUT2D eigenvalue weighted by molar-refractivity contribution is -0.121. The van der Waals surface area contributed by atoms with Gasteiger partial charge in [-0.2, -0.15) is 5.10 Å². The van der Waals surface area contributed by atoms with Crippen molar-refractivity contribution in [1.29, 1.82) is 0 Å². The largest absolute Gasteiger partial charge is 0.353 e. The van der Waals surface area contributed by atoms with Gasteiger partial charge in [0, 0.05) is 31.8 Å². The molecular formula is C15H25N5O2. The van der Waals surface area contributed by atoms with E-state index in [1.54, 1.807) is 0 Å². The standard InChI is InChI=1S/C15H25N5O2/c1-2-13-18-15(20-19-13)12(21)9-10-3-5-11(6-4-10)17-14(22)7-8-16/h10-11H,2-9,16H2,1H3,(H,17,22)(H,18,19,20). The third kappa shape index (κ3) is 4.62. The monoisotopic (exact) mass is 307 g/mol. The third-order valence-corrected chi connectivity index (χ3v) is 4.17. The summed E-state index contributed by atoms with van der Waals surface area (Å²) < 4.78 is 0. The van der Waals surface area contributed by atoms with Crippen molar-refractivity contribution in [2.24, 2.45) is 11.7 Å². The molecule has 1 saturated carbocycles. The summed E-state index contributed by atoms with van der Waals surface area (Å²) in [6.07, 6.45) is 5.35. The fourth-order valence-electron chi connectivity index (χ4n) is 2.87. The second-order valence-electron chi connectivity index (χ2n) is 5.91. The van der Waals surface area contributed by atoms with Crippen molar-refractivity contribution in [2.45, 2.75) is 57.9 Å². The molecule has 1 aromatic heterocycles. The van der Waals surface area contributed by atoms with E-state index in [4.69, 9.17) is 5.73 Å². The Hall–Kier alpha value is -1.76. The fraction of sp³-hybridized carbons (Fsp3) is 0.733. The van der Waals surface area contributed by atoms with Crippen LogP contribution < -0.4 is 11.1 Å². The molecule has 0 bridgehead atoms. The van der Waals surface area contributed by atoms with E-state index in [1.165, 1.54) is 0 Å². The molecule has 4 N–H and O–H groups in total. The average molecular weight is 307 g/mol. The summed E-state index contributed by atoms with van der Waals surface area (Å²) in [6, 6.07) is 0.223. The Morgan fingerprint density at radius 2 is 2.05 bits per heavy atom. The maximum atomic E-state index is 12.2. The Morgan fingerprint density at radius 3 is 2.64 bits per heavy atom. The van der Waals surface area contributed by atoms with Crippen LogP contribution in [0.5, 0.6) is 0 Å². The number of carbonyl (C=O) groups excluding carboxylic acids is 2. The summed E-state index contributed by atoms with van der Waals surface area (Å²) in [5, 5.41) is 9.75. The van der Waals surface area contributed by atoms with Gasteiger partial charge < -0.3 is 11.1 Å². The molecule has 1 amide bonds. The Bertz CT molecular complexity index is 506. The normalized spacial score (nSPS) is 21.5. The molecule has 0 spiro atoms. The number of nitrogens with one attached hydrogen (secondary N) is 2. The van der Waals surface area contributed by atoms with Crippen molar-refractivity contribution in [3.63, 3.8) is 0 Å². The van der Waals surface area contributed by atoms with Crippen LogP contribution in [0.15, 0.2) is 0 Å². The van der Waals surface area contributed by atoms with Crippen molar-refractivity contribution in [2.75, 3.05) is 6.54 Å².